The first-order chi connectivity index (χ1) is 8.47. The van der Waals surface area contributed by atoms with Gasteiger partial charge in [-0.25, -0.2) is 9.97 Å². The van der Waals surface area contributed by atoms with E-state index in [1.165, 1.54) is 17.8 Å². The van der Waals surface area contributed by atoms with Crippen LogP contribution >= 0.6 is 23.4 Å². The summed E-state index contributed by atoms with van der Waals surface area (Å²) in [7, 11) is 0. The van der Waals surface area contributed by atoms with Gasteiger partial charge in [-0.05, 0) is 26.0 Å². The average molecular weight is 281 g/mol. The predicted molar refractivity (Wildman–Crippen MR) is 74.6 cm³/mol. The second-order valence-electron chi connectivity index (χ2n) is 4.23. The van der Waals surface area contributed by atoms with Crippen LogP contribution in [0.15, 0.2) is 35.6 Å². The number of pyridine rings is 1. The molecule has 0 bridgehead atoms. The van der Waals surface area contributed by atoms with Gasteiger partial charge in [0.1, 0.15) is 11.0 Å². The molecule has 0 aliphatic carbocycles. The van der Waals surface area contributed by atoms with Crippen LogP contribution in [0.25, 0.3) is 0 Å². The second kappa shape index (κ2) is 5.12. The van der Waals surface area contributed by atoms with Gasteiger partial charge in [-0.3, -0.25) is 4.98 Å². The molecule has 0 atom stereocenters. The highest BCUT2D eigenvalue weighted by Gasteiger charge is 2.25. The Morgan fingerprint density at radius 3 is 2.67 bits per heavy atom. The van der Waals surface area contributed by atoms with Crippen molar-refractivity contribution >= 4 is 29.2 Å². The molecule has 4 nitrogen and oxygen atoms in total. The minimum Gasteiger partial charge on any atom is -0.384 e. The Morgan fingerprint density at radius 1 is 1.28 bits per heavy atom. The molecule has 0 spiro atoms. The van der Waals surface area contributed by atoms with Crippen molar-refractivity contribution in [3.63, 3.8) is 0 Å². The molecular formula is C12H13ClN4S. The molecule has 2 rings (SSSR count). The Kier molecular flexibility index (Phi) is 3.73. The van der Waals surface area contributed by atoms with E-state index in [0.717, 1.165) is 5.69 Å². The van der Waals surface area contributed by atoms with Gasteiger partial charge in [0.15, 0.2) is 5.16 Å². The number of nitrogens with two attached hydrogens (primary N) is 1. The van der Waals surface area contributed by atoms with Crippen molar-refractivity contribution in [1.82, 2.24) is 15.0 Å². The summed E-state index contributed by atoms with van der Waals surface area (Å²) >= 11 is 7.34. The molecule has 0 aromatic carbocycles. The molecule has 0 amide bonds. The maximum absolute atomic E-state index is 5.86. The lowest BCUT2D eigenvalue weighted by Gasteiger charge is -2.22. The highest BCUT2D eigenvalue weighted by atomic mass is 35.5. The van der Waals surface area contributed by atoms with Crippen LogP contribution in [0.3, 0.4) is 0 Å². The highest BCUT2D eigenvalue weighted by Crippen LogP contribution is 2.38. The molecule has 0 saturated heterocycles. The Hall–Kier alpha value is -1.33. The van der Waals surface area contributed by atoms with Gasteiger partial charge in [-0.2, -0.15) is 0 Å². The van der Waals surface area contributed by atoms with Crippen LogP contribution in [0.2, 0.25) is 5.15 Å². The van der Waals surface area contributed by atoms with Crippen LogP contribution in [-0.4, -0.2) is 15.0 Å². The minimum absolute atomic E-state index is 0.252. The number of rotatable bonds is 3. The van der Waals surface area contributed by atoms with Crippen LogP contribution in [-0.2, 0) is 4.75 Å². The van der Waals surface area contributed by atoms with Crippen LogP contribution in [0.1, 0.15) is 19.5 Å². The zero-order chi connectivity index (χ0) is 13.2. The van der Waals surface area contributed by atoms with Crippen LogP contribution < -0.4 is 5.73 Å². The largest absolute Gasteiger partial charge is 0.384 e. The maximum Gasteiger partial charge on any atom is 0.191 e. The summed E-state index contributed by atoms with van der Waals surface area (Å²) in [6, 6.07) is 7.34. The number of halogens is 1. The predicted octanol–water partition coefficient (Wildman–Crippen LogP) is 3.13. The van der Waals surface area contributed by atoms with Crippen molar-refractivity contribution in [3.8, 4) is 0 Å². The SMILES string of the molecule is CC(C)(Sc1nc(N)cc(Cl)n1)c1ccccn1. The van der Waals surface area contributed by atoms with Crippen molar-refractivity contribution in [2.24, 2.45) is 0 Å². The molecule has 94 valence electrons. The fourth-order valence-electron chi connectivity index (χ4n) is 1.46. The van der Waals surface area contributed by atoms with Crippen LogP contribution in [0.4, 0.5) is 5.82 Å². The van der Waals surface area contributed by atoms with Gasteiger partial charge >= 0.3 is 0 Å². The van der Waals surface area contributed by atoms with Crippen molar-refractivity contribution in [1.29, 1.82) is 0 Å². The van der Waals surface area contributed by atoms with E-state index in [1.807, 2.05) is 18.2 Å². The lowest BCUT2D eigenvalue weighted by Crippen LogP contribution is -2.14. The molecular weight excluding hydrogens is 268 g/mol. The van der Waals surface area contributed by atoms with E-state index in [0.29, 0.717) is 16.1 Å². The third-order valence-electron chi connectivity index (χ3n) is 2.32. The Bertz CT molecular complexity index is 525. The molecule has 6 heteroatoms. The maximum atomic E-state index is 5.86. The van der Waals surface area contributed by atoms with Gasteiger partial charge in [0.25, 0.3) is 0 Å². The number of hydrogen-bond acceptors (Lipinski definition) is 5. The van der Waals surface area contributed by atoms with E-state index < -0.39 is 0 Å². The summed E-state index contributed by atoms with van der Waals surface area (Å²) in [5.74, 6) is 0.370. The topological polar surface area (TPSA) is 64.7 Å². The lowest BCUT2D eigenvalue weighted by atomic mass is 10.1. The first-order valence-corrected chi connectivity index (χ1v) is 6.57. The van der Waals surface area contributed by atoms with E-state index in [4.69, 9.17) is 17.3 Å². The summed E-state index contributed by atoms with van der Waals surface area (Å²) in [4.78, 5) is 12.7. The Balaban J connectivity index is 2.27. The van der Waals surface area contributed by atoms with E-state index in [-0.39, 0.29) is 4.75 Å². The summed E-state index contributed by atoms with van der Waals surface area (Å²) < 4.78 is -0.252. The Morgan fingerprint density at radius 2 is 2.06 bits per heavy atom. The molecule has 0 radical (unpaired) electrons. The molecule has 2 aromatic rings. The fraction of sp³-hybridized carbons (Fsp3) is 0.250. The Labute approximate surface area is 115 Å². The number of thioether (sulfide) groups is 1. The molecule has 0 aliphatic heterocycles. The molecule has 2 heterocycles. The highest BCUT2D eigenvalue weighted by molar-refractivity contribution is 8.00. The van der Waals surface area contributed by atoms with E-state index in [1.54, 1.807) is 6.20 Å². The molecule has 18 heavy (non-hydrogen) atoms. The molecule has 2 aromatic heterocycles. The zero-order valence-electron chi connectivity index (χ0n) is 10.1. The van der Waals surface area contributed by atoms with Gasteiger partial charge < -0.3 is 5.73 Å². The van der Waals surface area contributed by atoms with Crippen LogP contribution in [0, 0.1) is 0 Å². The fourth-order valence-corrected chi connectivity index (χ4v) is 2.68. The van der Waals surface area contributed by atoms with Crippen LogP contribution in [0.5, 0.6) is 0 Å². The van der Waals surface area contributed by atoms with Gasteiger partial charge in [0.2, 0.25) is 0 Å². The number of anilines is 1. The number of nitrogen functional groups attached to an aromatic ring is 1. The number of nitrogens with zero attached hydrogens (tertiary/aromatic N) is 3. The summed E-state index contributed by atoms with van der Waals surface area (Å²) in [5, 5.41) is 0.900. The van der Waals surface area contributed by atoms with Gasteiger partial charge in [0.05, 0.1) is 10.4 Å². The molecule has 0 fully saturated rings. The van der Waals surface area contributed by atoms with Gasteiger partial charge in [0, 0.05) is 12.3 Å². The summed E-state index contributed by atoms with van der Waals surface area (Å²) in [6.45, 7) is 4.11. The number of hydrogen-bond donors (Lipinski definition) is 1. The van der Waals surface area contributed by atoms with Crippen molar-refractivity contribution < 1.29 is 0 Å². The molecule has 0 saturated carbocycles. The van der Waals surface area contributed by atoms with Crippen molar-refractivity contribution in [2.75, 3.05) is 5.73 Å². The van der Waals surface area contributed by atoms with Gasteiger partial charge in [-0.15, -0.1) is 0 Å². The molecule has 0 aliphatic rings. The average Bonchev–Trinajstić information content (AvgIpc) is 2.28. The number of aromatic nitrogens is 3. The quantitative estimate of drug-likeness (QED) is 0.532. The monoisotopic (exact) mass is 280 g/mol. The summed E-state index contributed by atoms with van der Waals surface area (Å²) in [5.41, 5.74) is 6.61. The minimum atomic E-state index is -0.252. The van der Waals surface area contributed by atoms with E-state index in [9.17, 15) is 0 Å². The van der Waals surface area contributed by atoms with E-state index >= 15 is 0 Å². The standard InChI is InChI=1S/C12H13ClN4S/c1-12(2,8-5-3-4-6-15-8)18-11-16-9(13)7-10(14)17-11/h3-7H,1-2H3,(H2,14,16,17). The molecule has 0 unspecified atom stereocenters. The van der Waals surface area contributed by atoms with Gasteiger partial charge in [-0.1, -0.05) is 29.4 Å². The first kappa shape index (κ1) is 13.1. The third-order valence-corrected chi connectivity index (χ3v) is 3.60. The first-order valence-electron chi connectivity index (χ1n) is 5.38. The van der Waals surface area contributed by atoms with Crippen molar-refractivity contribution in [3.05, 3.63) is 41.3 Å². The van der Waals surface area contributed by atoms with E-state index in [2.05, 4.69) is 28.8 Å². The smallest absolute Gasteiger partial charge is 0.191 e. The summed E-state index contributed by atoms with van der Waals surface area (Å²) in [6.07, 6.45) is 1.77. The normalized spacial score (nSPS) is 11.5. The van der Waals surface area contributed by atoms with Crippen molar-refractivity contribution in [2.45, 2.75) is 23.8 Å². The third kappa shape index (κ3) is 3.11. The second-order valence-corrected chi connectivity index (χ2v) is 6.20. The molecule has 2 N–H and O–H groups in total. The lowest BCUT2D eigenvalue weighted by molar-refractivity contribution is 0.739. The zero-order valence-corrected chi connectivity index (χ0v) is 11.7.